The summed E-state index contributed by atoms with van der Waals surface area (Å²) < 4.78 is 37.7. The number of sulfonamides is 1. The van der Waals surface area contributed by atoms with Crippen LogP contribution in [-0.4, -0.2) is 24.5 Å². The van der Waals surface area contributed by atoms with Crippen molar-refractivity contribution in [3.8, 4) is 11.5 Å². The molecule has 0 bridgehead atoms. The minimum Gasteiger partial charge on any atom is -0.454 e. The van der Waals surface area contributed by atoms with Crippen LogP contribution in [0.1, 0.15) is 16.2 Å². The lowest BCUT2D eigenvalue weighted by molar-refractivity contribution is 0.0459. The predicted molar refractivity (Wildman–Crippen MR) is 110 cm³/mol. The normalized spacial score (nSPS) is 11.2. The van der Waals surface area contributed by atoms with Crippen molar-refractivity contribution in [2.45, 2.75) is 11.5 Å². The van der Waals surface area contributed by atoms with Gasteiger partial charge in [0.1, 0.15) is 0 Å². The van der Waals surface area contributed by atoms with Crippen LogP contribution >= 0.6 is 11.3 Å². The lowest BCUT2D eigenvalue weighted by Gasteiger charge is -2.08. The van der Waals surface area contributed by atoms with Crippen LogP contribution in [0.15, 0.2) is 80.8 Å². The fraction of sp³-hybridized carbons (Fsp3) is 0.0500. The summed E-state index contributed by atoms with van der Waals surface area (Å²) >= 11 is 1.50. The topological polar surface area (TPSA) is 111 Å². The number of hydrogen-bond acceptors (Lipinski definition) is 8. The average molecular weight is 441 g/mol. The monoisotopic (exact) mass is 441 g/mol. The number of carbonyl (C=O) groups excluding carboxylic acids is 1. The zero-order chi connectivity index (χ0) is 21.0. The first-order chi connectivity index (χ1) is 14.5. The van der Waals surface area contributed by atoms with Crippen LogP contribution in [0.3, 0.4) is 0 Å². The predicted octanol–water partition coefficient (Wildman–Crippen LogP) is 3.96. The Morgan fingerprint density at radius 1 is 1.07 bits per heavy atom. The molecule has 8 nitrogen and oxygen atoms in total. The first-order valence-electron chi connectivity index (χ1n) is 8.71. The summed E-state index contributed by atoms with van der Waals surface area (Å²) in [6.07, 6.45) is 0. The molecule has 30 heavy (non-hydrogen) atoms. The molecule has 0 unspecified atom stereocenters. The van der Waals surface area contributed by atoms with Crippen LogP contribution in [-0.2, 0) is 21.4 Å². The molecule has 10 heteroatoms. The number of rotatable bonds is 7. The summed E-state index contributed by atoms with van der Waals surface area (Å²) in [5.74, 6) is -0.0459. The standard InChI is InChI=1S/C20H15N3O5S2/c24-20(27-12-18-21-19(28-22-18)15-10-11-29-13-15)14-6-8-17(9-7-14)30(25,26)23-16-4-2-1-3-5-16/h1-11,13,23H,12H2. The fourth-order valence-electron chi connectivity index (χ4n) is 2.52. The zero-order valence-electron chi connectivity index (χ0n) is 15.4. The number of thiophene rings is 1. The molecule has 2 aromatic carbocycles. The highest BCUT2D eigenvalue weighted by molar-refractivity contribution is 7.92. The van der Waals surface area contributed by atoms with Crippen molar-refractivity contribution in [1.29, 1.82) is 0 Å². The third kappa shape index (κ3) is 4.56. The van der Waals surface area contributed by atoms with Gasteiger partial charge >= 0.3 is 5.97 Å². The van der Waals surface area contributed by atoms with Gasteiger partial charge in [0.2, 0.25) is 5.82 Å². The van der Waals surface area contributed by atoms with Crippen LogP contribution in [0.25, 0.3) is 11.5 Å². The molecule has 4 aromatic rings. The van der Waals surface area contributed by atoms with E-state index in [9.17, 15) is 13.2 Å². The number of anilines is 1. The molecule has 0 atom stereocenters. The molecule has 0 saturated heterocycles. The van der Waals surface area contributed by atoms with E-state index in [-0.39, 0.29) is 22.9 Å². The Bertz CT molecular complexity index is 1240. The van der Waals surface area contributed by atoms with Gasteiger partial charge in [-0.25, -0.2) is 13.2 Å². The summed E-state index contributed by atoms with van der Waals surface area (Å²) in [6.45, 7) is -0.165. The number of benzene rings is 2. The third-order valence-corrected chi connectivity index (χ3v) is 6.08. The van der Waals surface area contributed by atoms with Crippen LogP contribution < -0.4 is 4.72 Å². The van der Waals surface area contributed by atoms with Gasteiger partial charge in [0, 0.05) is 11.1 Å². The maximum atomic E-state index is 12.4. The van der Waals surface area contributed by atoms with Gasteiger partial charge in [-0.05, 0) is 47.8 Å². The largest absolute Gasteiger partial charge is 0.454 e. The number of para-hydroxylation sites is 1. The molecule has 0 radical (unpaired) electrons. The molecular weight excluding hydrogens is 426 g/mol. The van der Waals surface area contributed by atoms with Crippen LogP contribution in [0.5, 0.6) is 0 Å². The summed E-state index contributed by atoms with van der Waals surface area (Å²) in [5.41, 5.74) is 1.45. The van der Waals surface area contributed by atoms with Crippen molar-refractivity contribution >= 4 is 33.0 Å². The quantitative estimate of drug-likeness (QED) is 0.432. The van der Waals surface area contributed by atoms with Crippen LogP contribution in [0.2, 0.25) is 0 Å². The average Bonchev–Trinajstić information content (AvgIpc) is 3.44. The van der Waals surface area contributed by atoms with Crippen molar-refractivity contribution in [1.82, 2.24) is 10.1 Å². The maximum absolute atomic E-state index is 12.4. The van der Waals surface area contributed by atoms with E-state index in [2.05, 4.69) is 14.9 Å². The number of hydrogen-bond donors (Lipinski definition) is 1. The van der Waals surface area contributed by atoms with E-state index in [0.717, 1.165) is 5.56 Å². The number of ether oxygens (including phenoxy) is 1. The summed E-state index contributed by atoms with van der Waals surface area (Å²) in [4.78, 5) is 16.4. The summed E-state index contributed by atoms with van der Waals surface area (Å²) in [6, 6.07) is 15.8. The Labute approximate surface area is 176 Å². The van der Waals surface area contributed by atoms with Crippen molar-refractivity contribution in [3.05, 3.63) is 82.8 Å². The van der Waals surface area contributed by atoms with Gasteiger partial charge in [-0.15, -0.1) is 0 Å². The molecule has 0 amide bonds. The molecule has 0 spiro atoms. The lowest BCUT2D eigenvalue weighted by Crippen LogP contribution is -2.13. The van der Waals surface area contributed by atoms with E-state index in [4.69, 9.17) is 9.26 Å². The highest BCUT2D eigenvalue weighted by Gasteiger charge is 2.16. The van der Waals surface area contributed by atoms with Gasteiger partial charge in [0.05, 0.1) is 16.0 Å². The van der Waals surface area contributed by atoms with E-state index in [0.29, 0.717) is 11.6 Å². The van der Waals surface area contributed by atoms with Crippen molar-refractivity contribution in [2.24, 2.45) is 0 Å². The number of carbonyl (C=O) groups is 1. The van der Waals surface area contributed by atoms with Crippen LogP contribution in [0, 0.1) is 0 Å². The fourth-order valence-corrected chi connectivity index (χ4v) is 4.21. The molecule has 2 aromatic heterocycles. The molecule has 0 fully saturated rings. The van der Waals surface area contributed by atoms with E-state index < -0.39 is 16.0 Å². The minimum absolute atomic E-state index is 0.0291. The van der Waals surface area contributed by atoms with Gasteiger partial charge in [-0.2, -0.15) is 16.3 Å². The number of aromatic nitrogens is 2. The first-order valence-corrected chi connectivity index (χ1v) is 11.1. The zero-order valence-corrected chi connectivity index (χ0v) is 17.0. The summed E-state index contributed by atoms with van der Waals surface area (Å²) in [5, 5.41) is 7.53. The molecule has 0 aliphatic carbocycles. The molecule has 0 aliphatic heterocycles. The summed E-state index contributed by atoms with van der Waals surface area (Å²) in [7, 11) is -3.76. The van der Waals surface area contributed by atoms with Gasteiger partial charge in [-0.1, -0.05) is 23.4 Å². The molecule has 4 rings (SSSR count). The van der Waals surface area contributed by atoms with Gasteiger partial charge in [0.25, 0.3) is 15.9 Å². The second kappa shape index (κ2) is 8.47. The molecule has 1 N–H and O–H groups in total. The van der Waals surface area contributed by atoms with E-state index in [1.807, 2.05) is 16.8 Å². The van der Waals surface area contributed by atoms with Gasteiger partial charge in [0.15, 0.2) is 6.61 Å². The Kier molecular flexibility index (Phi) is 5.59. The molecular formula is C20H15N3O5S2. The Hall–Kier alpha value is -3.50. The number of esters is 1. The molecule has 152 valence electrons. The van der Waals surface area contributed by atoms with Crippen LogP contribution in [0.4, 0.5) is 5.69 Å². The number of nitrogens with zero attached hydrogens (tertiary/aromatic N) is 2. The first kappa shape index (κ1) is 19.8. The smallest absolute Gasteiger partial charge is 0.338 e. The van der Waals surface area contributed by atoms with Gasteiger partial charge < -0.3 is 9.26 Å². The second-order valence-corrected chi connectivity index (χ2v) is 8.56. The maximum Gasteiger partial charge on any atom is 0.338 e. The van der Waals surface area contributed by atoms with E-state index in [1.54, 1.807) is 30.3 Å². The Morgan fingerprint density at radius 3 is 2.53 bits per heavy atom. The van der Waals surface area contributed by atoms with Gasteiger partial charge in [-0.3, -0.25) is 4.72 Å². The number of nitrogens with one attached hydrogen (secondary N) is 1. The Balaban J connectivity index is 1.38. The molecule has 0 saturated carbocycles. The third-order valence-electron chi connectivity index (χ3n) is 3.99. The van der Waals surface area contributed by atoms with Crippen molar-refractivity contribution < 1.29 is 22.5 Å². The second-order valence-electron chi connectivity index (χ2n) is 6.10. The lowest BCUT2D eigenvalue weighted by atomic mass is 10.2. The SMILES string of the molecule is O=C(OCc1noc(-c2ccsc2)n1)c1ccc(S(=O)(=O)Nc2ccccc2)cc1. The Morgan fingerprint density at radius 2 is 1.83 bits per heavy atom. The van der Waals surface area contributed by atoms with E-state index >= 15 is 0 Å². The molecule has 2 heterocycles. The van der Waals surface area contributed by atoms with E-state index in [1.165, 1.54) is 35.6 Å². The minimum atomic E-state index is -3.76. The van der Waals surface area contributed by atoms with Crippen molar-refractivity contribution in [2.75, 3.05) is 4.72 Å². The highest BCUT2D eigenvalue weighted by Crippen LogP contribution is 2.20. The molecule has 0 aliphatic rings. The highest BCUT2D eigenvalue weighted by atomic mass is 32.2. The van der Waals surface area contributed by atoms with Crippen molar-refractivity contribution in [3.63, 3.8) is 0 Å².